The molecule has 0 aliphatic rings. The second-order valence-electron chi connectivity index (χ2n) is 6.62. The van der Waals surface area contributed by atoms with E-state index >= 15 is 0 Å². The lowest BCUT2D eigenvalue weighted by atomic mass is 10.1. The molecule has 0 radical (unpaired) electrons. The van der Waals surface area contributed by atoms with Gasteiger partial charge in [0.15, 0.2) is 28.5 Å². The highest BCUT2D eigenvalue weighted by Crippen LogP contribution is 2.36. The Morgan fingerprint density at radius 2 is 1.83 bits per heavy atom. The first-order valence-electron chi connectivity index (χ1n) is 8.76. The van der Waals surface area contributed by atoms with Gasteiger partial charge in [0.25, 0.3) is 5.91 Å². The molecule has 2 aromatic heterocycles. The topological polar surface area (TPSA) is 77.8 Å². The molecule has 3 aromatic rings. The molecule has 0 aliphatic carbocycles. The Balaban J connectivity index is 2.25. The van der Waals surface area contributed by atoms with Gasteiger partial charge >= 0.3 is 6.18 Å². The molecule has 0 saturated heterocycles. The standard InChI is InChI=1S/C19H18ClF3N4O3/c1-9(2)24-18(28)16-15(20)17-25-11(8-14(19(21,22)23)27(17)26-16)10-5-6-12(29-3)13(7-10)30-4/h5-9H,1-4H3,(H,24,28). The Morgan fingerprint density at radius 3 is 2.40 bits per heavy atom. The highest BCUT2D eigenvalue weighted by molar-refractivity contribution is 6.36. The third-order valence-electron chi connectivity index (χ3n) is 4.14. The van der Waals surface area contributed by atoms with Crippen LogP contribution in [-0.4, -0.2) is 40.8 Å². The quantitative estimate of drug-likeness (QED) is 0.640. The summed E-state index contributed by atoms with van der Waals surface area (Å²) < 4.78 is 52.1. The van der Waals surface area contributed by atoms with Crippen molar-refractivity contribution < 1.29 is 27.4 Å². The van der Waals surface area contributed by atoms with Crippen LogP contribution in [-0.2, 0) is 6.18 Å². The van der Waals surface area contributed by atoms with E-state index in [1.54, 1.807) is 19.9 Å². The Morgan fingerprint density at radius 1 is 1.17 bits per heavy atom. The summed E-state index contributed by atoms with van der Waals surface area (Å²) in [4.78, 5) is 16.5. The molecule has 0 saturated carbocycles. The Hall–Kier alpha value is -3.01. The van der Waals surface area contributed by atoms with Gasteiger partial charge in [0.2, 0.25) is 0 Å². The van der Waals surface area contributed by atoms with Crippen LogP contribution in [0, 0.1) is 0 Å². The summed E-state index contributed by atoms with van der Waals surface area (Å²) >= 11 is 6.20. The van der Waals surface area contributed by atoms with E-state index in [0.29, 0.717) is 21.6 Å². The van der Waals surface area contributed by atoms with Crippen LogP contribution in [0.4, 0.5) is 13.2 Å². The number of nitrogens with one attached hydrogen (secondary N) is 1. The van der Waals surface area contributed by atoms with E-state index in [1.807, 2.05) is 0 Å². The van der Waals surface area contributed by atoms with Gasteiger partial charge in [-0.25, -0.2) is 9.50 Å². The molecule has 0 spiro atoms. The first kappa shape index (κ1) is 21.7. The summed E-state index contributed by atoms with van der Waals surface area (Å²) in [6.45, 7) is 3.41. The van der Waals surface area contributed by atoms with Crippen molar-refractivity contribution in [3.05, 3.63) is 40.7 Å². The van der Waals surface area contributed by atoms with Gasteiger partial charge in [0.1, 0.15) is 5.02 Å². The van der Waals surface area contributed by atoms with Gasteiger partial charge in [0, 0.05) is 11.6 Å². The molecular formula is C19H18ClF3N4O3. The van der Waals surface area contributed by atoms with Crippen molar-refractivity contribution in [3.8, 4) is 22.8 Å². The molecule has 160 valence electrons. The van der Waals surface area contributed by atoms with Crippen molar-refractivity contribution in [2.45, 2.75) is 26.1 Å². The minimum Gasteiger partial charge on any atom is -0.493 e. The molecule has 1 N–H and O–H groups in total. The molecular weight excluding hydrogens is 425 g/mol. The third-order valence-corrected chi connectivity index (χ3v) is 4.49. The number of nitrogens with zero attached hydrogens (tertiary/aromatic N) is 3. The molecule has 0 bridgehead atoms. The van der Waals surface area contributed by atoms with Gasteiger partial charge in [-0.2, -0.15) is 18.3 Å². The van der Waals surface area contributed by atoms with Crippen molar-refractivity contribution >= 4 is 23.2 Å². The van der Waals surface area contributed by atoms with Crippen LogP contribution in [0.3, 0.4) is 0 Å². The summed E-state index contributed by atoms with van der Waals surface area (Å²) in [5.41, 5.74) is -1.43. The molecule has 7 nitrogen and oxygen atoms in total. The largest absolute Gasteiger partial charge is 0.493 e. The number of halogens is 4. The van der Waals surface area contributed by atoms with Crippen LogP contribution in [0.1, 0.15) is 30.0 Å². The highest BCUT2D eigenvalue weighted by atomic mass is 35.5. The van der Waals surface area contributed by atoms with Crippen LogP contribution >= 0.6 is 11.6 Å². The lowest BCUT2D eigenvalue weighted by Gasteiger charge is -2.12. The second-order valence-corrected chi connectivity index (χ2v) is 7.00. The lowest BCUT2D eigenvalue weighted by Crippen LogP contribution is -2.30. The number of amides is 1. The minimum atomic E-state index is -4.77. The predicted molar refractivity (Wildman–Crippen MR) is 104 cm³/mol. The molecule has 30 heavy (non-hydrogen) atoms. The maximum atomic E-state index is 13.8. The summed E-state index contributed by atoms with van der Waals surface area (Å²) in [6, 6.07) is 5.16. The zero-order valence-electron chi connectivity index (χ0n) is 16.5. The lowest BCUT2D eigenvalue weighted by molar-refractivity contribution is -0.142. The summed E-state index contributed by atoms with van der Waals surface area (Å²) in [6.07, 6.45) is -4.77. The van der Waals surface area contributed by atoms with Crippen LogP contribution in [0.5, 0.6) is 11.5 Å². The molecule has 0 unspecified atom stereocenters. The fourth-order valence-corrected chi connectivity index (χ4v) is 3.06. The molecule has 1 aromatic carbocycles. The molecule has 0 fully saturated rings. The average Bonchev–Trinajstić information content (AvgIpc) is 3.02. The summed E-state index contributed by atoms with van der Waals surface area (Å²) in [7, 11) is 2.85. The highest BCUT2D eigenvalue weighted by Gasteiger charge is 2.36. The summed E-state index contributed by atoms with van der Waals surface area (Å²) in [5, 5.41) is 6.05. The zero-order chi connectivity index (χ0) is 22.2. The van der Waals surface area contributed by atoms with Gasteiger partial charge in [-0.05, 0) is 38.1 Å². The molecule has 1 amide bonds. The number of benzene rings is 1. The number of methoxy groups -OCH3 is 2. The van der Waals surface area contributed by atoms with E-state index in [4.69, 9.17) is 21.1 Å². The minimum absolute atomic E-state index is 0.0200. The van der Waals surface area contributed by atoms with Crippen molar-refractivity contribution in [2.75, 3.05) is 14.2 Å². The number of carbonyl (C=O) groups excluding carboxylic acids is 1. The number of carbonyl (C=O) groups is 1. The van der Waals surface area contributed by atoms with Crippen LogP contribution in [0.15, 0.2) is 24.3 Å². The maximum Gasteiger partial charge on any atom is 0.433 e. The van der Waals surface area contributed by atoms with Crippen LogP contribution < -0.4 is 14.8 Å². The van der Waals surface area contributed by atoms with E-state index in [1.165, 1.54) is 26.4 Å². The number of fused-ring (bicyclic) bond motifs is 1. The fraction of sp³-hybridized carbons (Fsp3) is 0.316. The molecule has 0 aliphatic heterocycles. The summed E-state index contributed by atoms with van der Waals surface area (Å²) in [5.74, 6) is 0.0385. The van der Waals surface area contributed by atoms with Gasteiger partial charge in [0.05, 0.1) is 19.9 Å². The van der Waals surface area contributed by atoms with E-state index in [0.717, 1.165) is 6.07 Å². The third kappa shape index (κ3) is 4.00. The van der Waals surface area contributed by atoms with E-state index in [2.05, 4.69) is 15.4 Å². The average molecular weight is 443 g/mol. The molecule has 0 atom stereocenters. The van der Waals surface area contributed by atoms with Crippen molar-refractivity contribution in [3.63, 3.8) is 0 Å². The second kappa shape index (κ2) is 8.02. The number of hydrogen-bond donors (Lipinski definition) is 1. The maximum absolute atomic E-state index is 13.8. The molecule has 2 heterocycles. The number of aromatic nitrogens is 3. The van der Waals surface area contributed by atoms with Gasteiger partial charge < -0.3 is 14.8 Å². The SMILES string of the molecule is COc1ccc(-c2cc(C(F)(F)F)n3nc(C(=O)NC(C)C)c(Cl)c3n2)cc1OC. The van der Waals surface area contributed by atoms with Crippen LogP contribution in [0.25, 0.3) is 16.9 Å². The first-order valence-corrected chi connectivity index (χ1v) is 9.14. The zero-order valence-corrected chi connectivity index (χ0v) is 17.2. The van der Waals surface area contributed by atoms with Crippen molar-refractivity contribution in [2.24, 2.45) is 0 Å². The monoisotopic (exact) mass is 442 g/mol. The van der Waals surface area contributed by atoms with Gasteiger partial charge in [-0.3, -0.25) is 4.79 Å². The Bertz CT molecular complexity index is 1110. The predicted octanol–water partition coefficient (Wildman–Crippen LogP) is 4.22. The smallest absolute Gasteiger partial charge is 0.433 e. The van der Waals surface area contributed by atoms with E-state index in [-0.39, 0.29) is 28.1 Å². The van der Waals surface area contributed by atoms with Crippen molar-refractivity contribution in [1.82, 2.24) is 19.9 Å². The van der Waals surface area contributed by atoms with Crippen LogP contribution in [0.2, 0.25) is 5.02 Å². The number of ether oxygens (including phenoxy) is 2. The fourth-order valence-electron chi connectivity index (χ4n) is 2.81. The number of hydrogen-bond acceptors (Lipinski definition) is 5. The number of rotatable bonds is 5. The van der Waals surface area contributed by atoms with E-state index < -0.39 is 17.8 Å². The van der Waals surface area contributed by atoms with Gasteiger partial charge in [-0.1, -0.05) is 11.6 Å². The van der Waals surface area contributed by atoms with E-state index in [9.17, 15) is 18.0 Å². The normalized spacial score (nSPS) is 11.8. The molecule has 11 heteroatoms. The number of alkyl halides is 3. The Labute approximate surface area is 174 Å². The van der Waals surface area contributed by atoms with Crippen molar-refractivity contribution in [1.29, 1.82) is 0 Å². The van der Waals surface area contributed by atoms with Gasteiger partial charge in [-0.15, -0.1) is 0 Å². The molecule has 3 rings (SSSR count). The Kier molecular flexibility index (Phi) is 5.80. The first-order chi connectivity index (χ1) is 14.1.